The molecule has 0 unspecified atom stereocenters. The smallest absolute Gasteiger partial charge is 0.265 e. The molecule has 33 heavy (non-hydrogen) atoms. The van der Waals surface area contributed by atoms with E-state index in [1.807, 2.05) is 17.5 Å². The molecule has 1 aromatic heterocycles. The molecule has 172 valence electrons. The minimum absolute atomic E-state index is 0.180. The zero-order valence-corrected chi connectivity index (χ0v) is 19.9. The van der Waals surface area contributed by atoms with E-state index in [0.29, 0.717) is 27.7 Å². The van der Waals surface area contributed by atoms with Gasteiger partial charge in [0, 0.05) is 51.4 Å². The predicted octanol–water partition coefficient (Wildman–Crippen LogP) is 4.20. The molecular formula is C25H27ClN4O2S. The molecule has 2 N–H and O–H groups in total. The van der Waals surface area contributed by atoms with Gasteiger partial charge in [0.1, 0.15) is 0 Å². The summed E-state index contributed by atoms with van der Waals surface area (Å²) in [5.74, 6) is -0.420. The molecule has 0 bridgehead atoms. The predicted molar refractivity (Wildman–Crippen MR) is 134 cm³/mol. The van der Waals surface area contributed by atoms with Crippen LogP contribution in [0.3, 0.4) is 0 Å². The summed E-state index contributed by atoms with van der Waals surface area (Å²) in [5.41, 5.74) is 2.23. The number of thiophene rings is 1. The molecule has 6 nitrogen and oxygen atoms in total. The van der Waals surface area contributed by atoms with E-state index in [4.69, 9.17) is 11.6 Å². The Kier molecular flexibility index (Phi) is 8.12. The number of amides is 2. The highest BCUT2D eigenvalue weighted by Gasteiger charge is 2.17. The Morgan fingerprint density at radius 3 is 2.39 bits per heavy atom. The van der Waals surface area contributed by atoms with Gasteiger partial charge in [0.25, 0.3) is 11.8 Å². The Bertz CT molecular complexity index is 1070. The second-order valence-electron chi connectivity index (χ2n) is 7.99. The SMILES string of the molecule is O=C(NCCN1CCN(Cc2ccccc2)CC1)c1ccc(Cl)c(NC(=O)c2cccs2)c1. The molecule has 0 atom stereocenters. The van der Waals surface area contributed by atoms with Gasteiger partial charge in [-0.15, -0.1) is 11.3 Å². The van der Waals surface area contributed by atoms with Crippen molar-refractivity contribution in [2.75, 3.05) is 44.6 Å². The summed E-state index contributed by atoms with van der Waals surface area (Å²) in [6.07, 6.45) is 0. The van der Waals surface area contributed by atoms with Crippen molar-refractivity contribution in [3.05, 3.63) is 87.1 Å². The first-order valence-corrected chi connectivity index (χ1v) is 12.3. The Morgan fingerprint density at radius 2 is 1.67 bits per heavy atom. The van der Waals surface area contributed by atoms with Crippen LogP contribution >= 0.6 is 22.9 Å². The van der Waals surface area contributed by atoms with E-state index in [1.54, 1.807) is 24.3 Å². The summed E-state index contributed by atoms with van der Waals surface area (Å²) in [5, 5.41) is 7.99. The van der Waals surface area contributed by atoms with Crippen LogP contribution in [0, 0.1) is 0 Å². The monoisotopic (exact) mass is 482 g/mol. The standard InChI is InChI=1S/C25H27ClN4O2S/c26-21-9-8-20(17-22(21)28-25(32)23-7-4-16-33-23)24(31)27-10-11-29-12-14-30(15-13-29)18-19-5-2-1-3-6-19/h1-9,16-17H,10-15,18H2,(H,27,31)(H,28,32). The maximum Gasteiger partial charge on any atom is 0.265 e. The number of rotatable bonds is 8. The van der Waals surface area contributed by atoms with Crippen molar-refractivity contribution >= 4 is 40.4 Å². The summed E-state index contributed by atoms with van der Waals surface area (Å²) in [7, 11) is 0. The normalized spacial score (nSPS) is 14.7. The van der Waals surface area contributed by atoms with E-state index in [1.165, 1.54) is 16.9 Å². The molecule has 1 fully saturated rings. The van der Waals surface area contributed by atoms with Gasteiger partial charge in [-0.1, -0.05) is 48.0 Å². The van der Waals surface area contributed by atoms with Crippen LogP contribution in [0.4, 0.5) is 5.69 Å². The zero-order chi connectivity index (χ0) is 23.0. The lowest BCUT2D eigenvalue weighted by atomic mass is 10.2. The topological polar surface area (TPSA) is 64.7 Å². The molecule has 1 aliphatic rings. The number of nitrogens with zero attached hydrogens (tertiary/aromatic N) is 2. The number of halogens is 1. The van der Waals surface area contributed by atoms with Crippen LogP contribution in [-0.2, 0) is 6.54 Å². The molecule has 0 saturated carbocycles. The molecule has 1 aliphatic heterocycles. The van der Waals surface area contributed by atoms with E-state index in [2.05, 4.69) is 44.7 Å². The van der Waals surface area contributed by atoms with Gasteiger partial charge in [-0.05, 0) is 35.2 Å². The summed E-state index contributed by atoms with van der Waals surface area (Å²) in [6.45, 7) is 6.37. The summed E-state index contributed by atoms with van der Waals surface area (Å²) >= 11 is 7.57. The number of carbonyl (C=O) groups is 2. The molecule has 8 heteroatoms. The average molecular weight is 483 g/mol. The van der Waals surface area contributed by atoms with E-state index >= 15 is 0 Å². The summed E-state index contributed by atoms with van der Waals surface area (Å²) in [6, 6.07) is 19.0. The largest absolute Gasteiger partial charge is 0.351 e. The van der Waals surface area contributed by atoms with Gasteiger partial charge in [0.15, 0.2) is 0 Å². The summed E-state index contributed by atoms with van der Waals surface area (Å²) < 4.78 is 0. The first-order chi connectivity index (χ1) is 16.1. The van der Waals surface area contributed by atoms with Gasteiger partial charge in [0.05, 0.1) is 15.6 Å². The van der Waals surface area contributed by atoms with E-state index < -0.39 is 0 Å². The van der Waals surface area contributed by atoms with E-state index in [-0.39, 0.29) is 11.8 Å². The lowest BCUT2D eigenvalue weighted by molar-refractivity contribution is 0.0933. The van der Waals surface area contributed by atoms with Crippen LogP contribution in [0.15, 0.2) is 66.0 Å². The quantitative estimate of drug-likeness (QED) is 0.505. The molecule has 0 spiro atoms. The Hall–Kier alpha value is -2.71. The Balaban J connectivity index is 1.22. The van der Waals surface area contributed by atoms with Gasteiger partial charge in [-0.3, -0.25) is 19.4 Å². The molecule has 0 aliphatic carbocycles. The number of hydrogen-bond acceptors (Lipinski definition) is 5. The van der Waals surface area contributed by atoms with E-state index in [0.717, 1.165) is 39.3 Å². The third-order valence-corrected chi connectivity index (χ3v) is 6.85. The highest BCUT2D eigenvalue weighted by Crippen LogP contribution is 2.24. The minimum Gasteiger partial charge on any atom is -0.351 e. The van der Waals surface area contributed by atoms with Crippen LogP contribution in [0.2, 0.25) is 5.02 Å². The fraction of sp³-hybridized carbons (Fsp3) is 0.280. The Morgan fingerprint density at radius 1 is 0.909 bits per heavy atom. The molecule has 0 radical (unpaired) electrons. The lowest BCUT2D eigenvalue weighted by Gasteiger charge is -2.34. The maximum absolute atomic E-state index is 12.6. The van der Waals surface area contributed by atoms with Crippen molar-refractivity contribution < 1.29 is 9.59 Å². The van der Waals surface area contributed by atoms with Crippen molar-refractivity contribution in [2.45, 2.75) is 6.54 Å². The number of piperazine rings is 1. The molecule has 2 heterocycles. The summed E-state index contributed by atoms with van der Waals surface area (Å²) in [4.78, 5) is 30.4. The molecular weight excluding hydrogens is 456 g/mol. The maximum atomic E-state index is 12.6. The Labute approximate surface area is 203 Å². The molecule has 1 saturated heterocycles. The van der Waals surface area contributed by atoms with Crippen molar-refractivity contribution in [1.29, 1.82) is 0 Å². The highest BCUT2D eigenvalue weighted by atomic mass is 35.5. The second-order valence-corrected chi connectivity index (χ2v) is 9.34. The van der Waals surface area contributed by atoms with Gasteiger partial charge in [0.2, 0.25) is 0 Å². The van der Waals surface area contributed by atoms with Crippen LogP contribution in [0.25, 0.3) is 0 Å². The third kappa shape index (κ3) is 6.65. The molecule has 2 aromatic carbocycles. The van der Waals surface area contributed by atoms with Crippen LogP contribution in [0.1, 0.15) is 25.6 Å². The van der Waals surface area contributed by atoms with E-state index in [9.17, 15) is 9.59 Å². The lowest BCUT2D eigenvalue weighted by Crippen LogP contribution is -2.48. The van der Waals surface area contributed by atoms with Gasteiger partial charge in [-0.2, -0.15) is 0 Å². The number of nitrogens with one attached hydrogen (secondary N) is 2. The van der Waals surface area contributed by atoms with Crippen molar-refractivity contribution in [2.24, 2.45) is 0 Å². The number of hydrogen-bond donors (Lipinski definition) is 2. The average Bonchev–Trinajstić information content (AvgIpc) is 3.37. The number of benzene rings is 2. The third-order valence-electron chi connectivity index (χ3n) is 5.65. The van der Waals surface area contributed by atoms with Gasteiger partial charge in [-0.25, -0.2) is 0 Å². The first kappa shape index (κ1) is 23.4. The van der Waals surface area contributed by atoms with Crippen molar-refractivity contribution in [3.8, 4) is 0 Å². The number of anilines is 1. The first-order valence-electron chi connectivity index (χ1n) is 11.0. The highest BCUT2D eigenvalue weighted by molar-refractivity contribution is 7.12. The minimum atomic E-state index is -0.240. The van der Waals surface area contributed by atoms with Crippen molar-refractivity contribution in [1.82, 2.24) is 15.1 Å². The van der Waals surface area contributed by atoms with Crippen LogP contribution < -0.4 is 10.6 Å². The number of carbonyl (C=O) groups excluding carboxylic acids is 2. The molecule has 2 amide bonds. The fourth-order valence-electron chi connectivity index (χ4n) is 3.80. The van der Waals surface area contributed by atoms with Crippen molar-refractivity contribution in [3.63, 3.8) is 0 Å². The van der Waals surface area contributed by atoms with Crippen LogP contribution in [0.5, 0.6) is 0 Å². The van der Waals surface area contributed by atoms with Crippen LogP contribution in [-0.4, -0.2) is 60.9 Å². The van der Waals surface area contributed by atoms with Gasteiger partial charge < -0.3 is 10.6 Å². The van der Waals surface area contributed by atoms with Gasteiger partial charge >= 0.3 is 0 Å². The molecule has 4 rings (SSSR count). The molecule has 3 aromatic rings. The zero-order valence-electron chi connectivity index (χ0n) is 18.3. The fourth-order valence-corrected chi connectivity index (χ4v) is 4.58. The second kappa shape index (κ2) is 11.4.